The number of esters is 1. The van der Waals surface area contributed by atoms with Crippen LogP contribution in [0.25, 0.3) is 0 Å². The third-order valence-corrected chi connectivity index (χ3v) is 16.7. The van der Waals surface area contributed by atoms with Crippen LogP contribution < -0.4 is 0 Å². The molecule has 0 saturated heterocycles. The summed E-state index contributed by atoms with van der Waals surface area (Å²) < 4.78 is 6.20. The zero-order chi connectivity index (χ0) is 40.4. The summed E-state index contributed by atoms with van der Waals surface area (Å²) in [5.74, 6) is 1.43. The first kappa shape index (κ1) is 42.0. The van der Waals surface area contributed by atoms with Gasteiger partial charge >= 0.3 is 11.9 Å². The van der Waals surface area contributed by atoms with Crippen molar-refractivity contribution in [1.82, 2.24) is 19.8 Å². The van der Waals surface area contributed by atoms with Crippen molar-refractivity contribution in [3.05, 3.63) is 35.4 Å². The minimum Gasteiger partial charge on any atom is -0.481 e. The minimum absolute atomic E-state index is 0.0851. The molecule has 0 spiro atoms. The molecule has 9 heteroatoms. The molecule has 0 amide bonds. The lowest BCUT2D eigenvalue weighted by atomic mass is 9.33. The van der Waals surface area contributed by atoms with E-state index in [1.807, 2.05) is 18.5 Å². The van der Waals surface area contributed by atoms with Gasteiger partial charge in [-0.3, -0.25) is 19.3 Å². The third kappa shape index (κ3) is 7.25. The molecule has 0 aromatic carbocycles. The average Bonchev–Trinajstić information content (AvgIpc) is 3.40. The number of hydrogen-bond donors (Lipinski definition) is 1. The molecule has 55 heavy (non-hydrogen) atoms. The number of likely N-dealkylation sites (N-methyl/N-ethyl adjacent to an activating group) is 1. The summed E-state index contributed by atoms with van der Waals surface area (Å²) in [4.78, 5) is 53.1. The minimum atomic E-state index is -1.15. The molecule has 0 radical (unpaired) electrons. The van der Waals surface area contributed by atoms with E-state index in [1.54, 1.807) is 13.8 Å². The molecule has 5 aliphatic rings. The van der Waals surface area contributed by atoms with Crippen molar-refractivity contribution in [2.24, 2.45) is 56.2 Å². The molecule has 0 bridgehead atoms. The van der Waals surface area contributed by atoms with Gasteiger partial charge in [-0.15, -0.1) is 0 Å². The smallest absolute Gasteiger partial charge is 0.309 e. The number of carboxylic acids is 1. The molecule has 9 nitrogen and oxygen atoms in total. The summed E-state index contributed by atoms with van der Waals surface area (Å²) in [6, 6.07) is 1.87. The summed E-state index contributed by atoms with van der Waals surface area (Å²) in [7, 11) is 4.25. The van der Waals surface area contributed by atoms with E-state index in [0.29, 0.717) is 36.5 Å². The highest BCUT2D eigenvalue weighted by Crippen LogP contribution is 2.77. The van der Waals surface area contributed by atoms with Gasteiger partial charge in [-0.1, -0.05) is 54.0 Å². The van der Waals surface area contributed by atoms with E-state index in [0.717, 1.165) is 88.8 Å². The van der Waals surface area contributed by atoms with E-state index < -0.39 is 17.4 Å². The molecule has 306 valence electrons. The number of rotatable bonds is 13. The number of Topliss-reactive ketones (excluding diaryl/α,β-unsaturated/α-hetero) is 1. The lowest BCUT2D eigenvalue weighted by molar-refractivity contribution is -0.233. The first-order valence-corrected chi connectivity index (χ1v) is 21.4. The van der Waals surface area contributed by atoms with Crippen molar-refractivity contribution in [1.29, 1.82) is 0 Å². The van der Waals surface area contributed by atoms with Gasteiger partial charge in [-0.2, -0.15) is 0 Å². The molecule has 0 aliphatic heterocycles. The fourth-order valence-corrected chi connectivity index (χ4v) is 13.5. The first-order valence-electron chi connectivity index (χ1n) is 21.4. The summed E-state index contributed by atoms with van der Waals surface area (Å²) in [6.07, 6.45) is 13.5. The second-order valence-corrected chi connectivity index (χ2v) is 21.2. The number of ether oxygens (including phenoxy) is 1. The van der Waals surface area contributed by atoms with Gasteiger partial charge in [0.25, 0.3) is 0 Å². The zero-order valence-electron chi connectivity index (χ0n) is 36.1. The van der Waals surface area contributed by atoms with Crippen molar-refractivity contribution in [2.45, 2.75) is 146 Å². The summed E-state index contributed by atoms with van der Waals surface area (Å²) >= 11 is 0. The van der Waals surface area contributed by atoms with Crippen LogP contribution in [0.3, 0.4) is 0 Å². The van der Waals surface area contributed by atoms with Crippen LogP contribution in [-0.4, -0.2) is 82.4 Å². The number of aliphatic carboxylic acids is 1. The van der Waals surface area contributed by atoms with Crippen molar-refractivity contribution >= 4 is 17.7 Å². The predicted octanol–water partition coefficient (Wildman–Crippen LogP) is 8.62. The molecule has 1 heterocycles. The fourth-order valence-electron chi connectivity index (χ4n) is 13.5. The molecule has 1 N–H and O–H groups in total. The maximum absolute atomic E-state index is 14.2. The number of allylic oxidation sites excluding steroid dienone is 2. The largest absolute Gasteiger partial charge is 0.481 e. The lowest BCUT2D eigenvalue weighted by Gasteiger charge is -2.72. The SMILES string of the molecule is CC(C)C1=C2[C@H]3CC[C@@H]4C5(C)CC[C@H](OC(=O)CC(C)(C)C(=O)O)C(C)(C)[C@@H]5CC[C@@]4(C)[C@]3(C)CC[C@@]2(CCN(CCN(C)C)Cc2ncccn2)CC1=O. The number of carbonyl (C=O) groups excluding carboxylic acids is 2. The van der Waals surface area contributed by atoms with Crippen LogP contribution in [0.2, 0.25) is 0 Å². The molecule has 1 aromatic heterocycles. The Hall–Kier alpha value is -2.65. The van der Waals surface area contributed by atoms with Crippen molar-refractivity contribution in [3.8, 4) is 0 Å². The second kappa shape index (κ2) is 14.9. The van der Waals surface area contributed by atoms with E-state index >= 15 is 0 Å². The van der Waals surface area contributed by atoms with Crippen LogP contribution in [0.15, 0.2) is 29.6 Å². The van der Waals surface area contributed by atoms with Crippen molar-refractivity contribution in [3.63, 3.8) is 0 Å². The summed E-state index contributed by atoms with van der Waals surface area (Å²) in [5.41, 5.74) is 1.56. The normalized spacial score (nSPS) is 35.7. The van der Waals surface area contributed by atoms with Crippen molar-refractivity contribution in [2.75, 3.05) is 33.7 Å². The van der Waals surface area contributed by atoms with E-state index in [1.165, 1.54) is 5.57 Å². The van der Waals surface area contributed by atoms with Gasteiger partial charge in [-0.05, 0) is 144 Å². The fraction of sp³-hybridized carbons (Fsp3) is 0.804. The Bertz CT molecular complexity index is 1650. The maximum Gasteiger partial charge on any atom is 0.309 e. The van der Waals surface area contributed by atoms with Gasteiger partial charge in [0, 0.05) is 42.7 Å². The van der Waals surface area contributed by atoms with Crippen LogP contribution in [-0.2, 0) is 25.7 Å². The molecule has 1 aromatic rings. The van der Waals surface area contributed by atoms with Gasteiger partial charge in [0.15, 0.2) is 5.78 Å². The monoisotopic (exact) mass is 761 g/mol. The second-order valence-electron chi connectivity index (χ2n) is 21.2. The number of fused-ring (bicyclic) bond motifs is 7. The average molecular weight is 761 g/mol. The number of nitrogens with zero attached hydrogens (tertiary/aromatic N) is 4. The lowest BCUT2D eigenvalue weighted by Crippen LogP contribution is -2.65. The Morgan fingerprint density at radius 3 is 2.24 bits per heavy atom. The van der Waals surface area contributed by atoms with Crippen LogP contribution >= 0.6 is 0 Å². The maximum atomic E-state index is 14.2. The van der Waals surface area contributed by atoms with Crippen LogP contribution in [0.5, 0.6) is 0 Å². The molecule has 4 fully saturated rings. The quantitative estimate of drug-likeness (QED) is 0.198. The predicted molar refractivity (Wildman–Crippen MR) is 216 cm³/mol. The number of carboxylic acid groups (broad SMARTS) is 1. The van der Waals surface area contributed by atoms with E-state index in [9.17, 15) is 19.5 Å². The van der Waals surface area contributed by atoms with E-state index in [2.05, 4.69) is 82.3 Å². The van der Waals surface area contributed by atoms with Crippen LogP contribution in [0, 0.1) is 56.2 Å². The van der Waals surface area contributed by atoms with Gasteiger partial charge in [0.05, 0.1) is 18.4 Å². The number of carbonyl (C=O) groups is 3. The Balaban J connectivity index is 1.26. The highest BCUT2D eigenvalue weighted by molar-refractivity contribution is 6.00. The molecule has 1 unspecified atom stereocenters. The number of ketones is 1. The number of aromatic nitrogens is 2. The summed E-state index contributed by atoms with van der Waals surface area (Å²) in [6.45, 7) is 23.6. The van der Waals surface area contributed by atoms with Crippen LogP contribution in [0.4, 0.5) is 0 Å². The molecule has 5 aliphatic carbocycles. The molecular weight excluding hydrogens is 689 g/mol. The zero-order valence-corrected chi connectivity index (χ0v) is 36.1. The summed E-state index contributed by atoms with van der Waals surface area (Å²) in [5, 5.41) is 9.64. The Kier molecular flexibility index (Phi) is 11.4. The Morgan fingerprint density at radius 2 is 1.60 bits per heavy atom. The topological polar surface area (TPSA) is 113 Å². The molecule has 6 rings (SSSR count). The van der Waals surface area contributed by atoms with E-state index in [-0.39, 0.29) is 45.5 Å². The van der Waals surface area contributed by atoms with Crippen LogP contribution in [0.1, 0.15) is 139 Å². The van der Waals surface area contributed by atoms with E-state index in [4.69, 9.17) is 4.74 Å². The third-order valence-electron chi connectivity index (χ3n) is 16.7. The van der Waals surface area contributed by atoms with Crippen molar-refractivity contribution < 1.29 is 24.2 Å². The van der Waals surface area contributed by atoms with Gasteiger partial charge in [0.1, 0.15) is 11.9 Å². The molecule has 4 saturated carbocycles. The standard InChI is InChI=1S/C46H72N4O5/c1-30(2)38-32(51)27-46(21-24-50(26-25-49(10)11)29-36-47-22-12-23-48-36)20-19-44(8)31(39(38)46)13-14-34-43(7)17-16-35(55-37(52)28-41(3,4)40(53)54)42(5,6)33(43)15-18-45(34,44)9/h12,22-23,30-31,33-35H,13-21,24-29H2,1-11H3,(H,53,54)/t31-,33+,34-,35+,43?,44-,45-,46-/m1/s1. The molecular formula is C46H72N4O5. The Morgan fingerprint density at radius 1 is 0.909 bits per heavy atom. The Labute approximate surface area is 331 Å². The highest BCUT2D eigenvalue weighted by atomic mass is 16.5. The van der Waals surface area contributed by atoms with Gasteiger partial charge in [0.2, 0.25) is 0 Å². The van der Waals surface area contributed by atoms with Gasteiger partial charge in [-0.25, -0.2) is 9.97 Å². The number of hydrogen-bond acceptors (Lipinski definition) is 8. The first-order chi connectivity index (χ1) is 25.6. The highest BCUT2D eigenvalue weighted by Gasteiger charge is 2.70. The molecule has 8 atom stereocenters. The van der Waals surface area contributed by atoms with Gasteiger partial charge < -0.3 is 14.7 Å².